The summed E-state index contributed by atoms with van der Waals surface area (Å²) >= 11 is 0. The van der Waals surface area contributed by atoms with Crippen LogP contribution in [0, 0.1) is 6.92 Å². The fourth-order valence-electron chi connectivity index (χ4n) is 3.58. The van der Waals surface area contributed by atoms with Gasteiger partial charge in [0.1, 0.15) is 5.82 Å². The first kappa shape index (κ1) is 24.4. The van der Waals surface area contributed by atoms with Gasteiger partial charge in [-0.1, -0.05) is 30.3 Å². The highest BCUT2D eigenvalue weighted by molar-refractivity contribution is 5.91. The van der Waals surface area contributed by atoms with Crippen molar-refractivity contribution in [3.8, 4) is 0 Å². The first-order valence-corrected chi connectivity index (χ1v) is 9.14. The van der Waals surface area contributed by atoms with Gasteiger partial charge in [0.15, 0.2) is 0 Å². The number of rotatable bonds is 4. The van der Waals surface area contributed by atoms with Crippen LogP contribution in [0.3, 0.4) is 0 Å². The van der Waals surface area contributed by atoms with Crippen LogP contribution in [0.15, 0.2) is 36.4 Å². The Labute approximate surface area is 179 Å². The molecule has 1 amide bonds. The zero-order valence-electron chi connectivity index (χ0n) is 16.9. The lowest BCUT2D eigenvalue weighted by atomic mass is 9.95. The molecule has 3 N–H and O–H groups in total. The average Bonchev–Trinajstić information content (AvgIpc) is 3.10. The first-order valence-electron chi connectivity index (χ1n) is 9.14. The predicted molar refractivity (Wildman–Crippen MR) is 119 cm³/mol. The van der Waals surface area contributed by atoms with E-state index in [9.17, 15) is 4.79 Å². The molecule has 6 nitrogen and oxygen atoms in total. The third-order valence-electron chi connectivity index (χ3n) is 4.77. The number of aryl methyl sites for hydroxylation is 1. The van der Waals surface area contributed by atoms with Gasteiger partial charge in [-0.3, -0.25) is 9.69 Å². The molecule has 1 aromatic carbocycles. The minimum absolute atomic E-state index is 0. The molecule has 1 fully saturated rings. The summed E-state index contributed by atoms with van der Waals surface area (Å²) in [6.45, 7) is 10.0. The van der Waals surface area contributed by atoms with Crippen molar-refractivity contribution in [2.75, 3.05) is 25.0 Å². The van der Waals surface area contributed by atoms with Gasteiger partial charge in [0, 0.05) is 31.1 Å². The molecule has 2 atom stereocenters. The van der Waals surface area contributed by atoms with Gasteiger partial charge < -0.3 is 11.1 Å². The number of nitrogens with zero attached hydrogens (tertiary/aromatic N) is 3. The van der Waals surface area contributed by atoms with Crippen molar-refractivity contribution in [1.82, 2.24) is 14.7 Å². The van der Waals surface area contributed by atoms with Gasteiger partial charge in [-0.15, -0.1) is 24.8 Å². The first-order chi connectivity index (χ1) is 12.2. The van der Waals surface area contributed by atoms with Gasteiger partial charge in [0.05, 0.1) is 17.8 Å². The summed E-state index contributed by atoms with van der Waals surface area (Å²) in [4.78, 5) is 14.7. The van der Waals surface area contributed by atoms with Crippen LogP contribution in [0.4, 0.5) is 5.82 Å². The van der Waals surface area contributed by atoms with Gasteiger partial charge >= 0.3 is 0 Å². The fraction of sp³-hybridized carbons (Fsp3) is 0.500. The predicted octanol–water partition coefficient (Wildman–Crippen LogP) is 3.16. The quantitative estimate of drug-likeness (QED) is 0.785. The molecule has 28 heavy (non-hydrogen) atoms. The van der Waals surface area contributed by atoms with Crippen molar-refractivity contribution in [3.63, 3.8) is 0 Å². The SMILES string of the molecule is Cc1cc(NC(=O)CN2C[C@@H](N)[C@H](c3ccccc3)C2)n(C(C)(C)C)n1.Cl.Cl. The van der Waals surface area contributed by atoms with Crippen molar-refractivity contribution in [1.29, 1.82) is 0 Å². The Hall–Kier alpha value is -1.60. The maximum Gasteiger partial charge on any atom is 0.239 e. The smallest absolute Gasteiger partial charge is 0.239 e. The maximum absolute atomic E-state index is 12.6. The molecule has 156 valence electrons. The van der Waals surface area contributed by atoms with Crippen molar-refractivity contribution in [2.45, 2.75) is 45.2 Å². The Morgan fingerprint density at radius 1 is 1.21 bits per heavy atom. The number of nitrogens with two attached hydrogens (primary N) is 1. The van der Waals surface area contributed by atoms with Crippen molar-refractivity contribution in [3.05, 3.63) is 47.7 Å². The maximum atomic E-state index is 12.6. The molecule has 0 saturated carbocycles. The number of carbonyl (C=O) groups excluding carboxylic acids is 1. The Morgan fingerprint density at radius 2 is 1.86 bits per heavy atom. The third kappa shape index (κ3) is 5.70. The number of carbonyl (C=O) groups is 1. The van der Waals surface area contributed by atoms with Crippen LogP contribution in [0.2, 0.25) is 0 Å². The molecule has 2 aromatic rings. The average molecular weight is 428 g/mol. The van der Waals surface area contributed by atoms with Gasteiger partial charge in [-0.05, 0) is 33.3 Å². The monoisotopic (exact) mass is 427 g/mol. The van der Waals surface area contributed by atoms with Gasteiger partial charge in [-0.2, -0.15) is 5.10 Å². The molecular weight excluding hydrogens is 397 g/mol. The van der Waals surface area contributed by atoms with E-state index in [2.05, 4.69) is 48.2 Å². The molecule has 0 bridgehead atoms. The molecule has 1 aliphatic heterocycles. The highest BCUT2D eigenvalue weighted by Crippen LogP contribution is 2.26. The van der Waals surface area contributed by atoms with Crippen LogP contribution >= 0.6 is 24.8 Å². The van der Waals surface area contributed by atoms with E-state index in [1.54, 1.807) is 0 Å². The van der Waals surface area contributed by atoms with Crippen molar-refractivity contribution < 1.29 is 4.79 Å². The number of amides is 1. The van der Waals surface area contributed by atoms with Gasteiger partial charge in [0.2, 0.25) is 5.91 Å². The molecule has 0 radical (unpaired) electrons. The normalized spacial score (nSPS) is 19.6. The molecule has 0 unspecified atom stereocenters. The standard InChI is InChI=1S/C20H29N5O.2ClH/c1-14-10-18(25(23-14)20(2,3)4)22-19(26)13-24-11-16(17(21)12-24)15-8-6-5-7-9-15;;/h5-10,16-17H,11-13,21H2,1-4H3,(H,22,26);2*1H/t16-,17+;;/m0../s1. The van der Waals surface area contributed by atoms with E-state index in [0.29, 0.717) is 6.54 Å². The number of aromatic nitrogens is 2. The number of nitrogens with one attached hydrogen (secondary N) is 1. The molecule has 1 aromatic heterocycles. The van der Waals surface area contributed by atoms with Gasteiger partial charge in [-0.25, -0.2) is 4.68 Å². The Kier molecular flexibility index (Phi) is 8.50. The largest absolute Gasteiger partial charge is 0.326 e. The summed E-state index contributed by atoms with van der Waals surface area (Å²) in [5.41, 5.74) is 8.27. The summed E-state index contributed by atoms with van der Waals surface area (Å²) in [5, 5.41) is 7.51. The Balaban J connectivity index is 0.00000196. The number of hydrogen-bond donors (Lipinski definition) is 2. The topological polar surface area (TPSA) is 76.2 Å². The molecule has 1 aliphatic rings. The highest BCUT2D eigenvalue weighted by Gasteiger charge is 2.32. The number of benzene rings is 1. The lowest BCUT2D eigenvalue weighted by Crippen LogP contribution is -2.35. The van der Waals surface area contributed by atoms with Crippen LogP contribution < -0.4 is 11.1 Å². The molecular formula is C20H31Cl2N5O. The van der Waals surface area contributed by atoms with Crippen LogP contribution in [0.1, 0.15) is 37.9 Å². The van der Waals surface area contributed by atoms with E-state index < -0.39 is 0 Å². The van der Waals surface area contributed by atoms with E-state index in [-0.39, 0.29) is 48.2 Å². The van der Waals surface area contributed by atoms with E-state index in [1.165, 1.54) is 5.56 Å². The van der Waals surface area contributed by atoms with E-state index in [4.69, 9.17) is 5.73 Å². The summed E-state index contributed by atoms with van der Waals surface area (Å²) < 4.78 is 1.86. The van der Waals surface area contributed by atoms with Crippen LogP contribution in [-0.2, 0) is 10.3 Å². The Morgan fingerprint density at radius 3 is 2.46 bits per heavy atom. The second-order valence-corrected chi connectivity index (χ2v) is 8.18. The molecule has 1 saturated heterocycles. The Bertz CT molecular complexity index is 773. The minimum Gasteiger partial charge on any atom is -0.326 e. The van der Waals surface area contributed by atoms with Crippen LogP contribution in [-0.4, -0.2) is 46.3 Å². The number of hydrogen-bond acceptors (Lipinski definition) is 4. The zero-order valence-corrected chi connectivity index (χ0v) is 18.5. The van der Waals surface area contributed by atoms with Crippen molar-refractivity contribution >= 4 is 36.5 Å². The second kappa shape index (κ2) is 9.74. The van der Waals surface area contributed by atoms with Gasteiger partial charge in [0.25, 0.3) is 0 Å². The summed E-state index contributed by atoms with van der Waals surface area (Å²) in [5.74, 6) is 0.978. The lowest BCUT2D eigenvalue weighted by molar-refractivity contribution is -0.117. The molecule has 0 aliphatic carbocycles. The summed E-state index contributed by atoms with van der Waals surface area (Å²) in [6, 6.07) is 12.3. The zero-order chi connectivity index (χ0) is 18.9. The molecule has 8 heteroatoms. The lowest BCUT2D eigenvalue weighted by Gasteiger charge is -2.23. The van der Waals surface area contributed by atoms with Crippen LogP contribution in [0.5, 0.6) is 0 Å². The second-order valence-electron chi connectivity index (χ2n) is 8.18. The highest BCUT2D eigenvalue weighted by atomic mass is 35.5. The number of likely N-dealkylation sites (tertiary alicyclic amines) is 1. The molecule has 0 spiro atoms. The summed E-state index contributed by atoms with van der Waals surface area (Å²) in [7, 11) is 0. The fourth-order valence-corrected chi connectivity index (χ4v) is 3.58. The number of anilines is 1. The van der Waals surface area contributed by atoms with E-state index in [0.717, 1.165) is 24.6 Å². The third-order valence-corrected chi connectivity index (χ3v) is 4.77. The van der Waals surface area contributed by atoms with Crippen LogP contribution in [0.25, 0.3) is 0 Å². The minimum atomic E-state index is -0.189. The van der Waals surface area contributed by atoms with E-state index in [1.807, 2.05) is 35.9 Å². The number of halogens is 2. The van der Waals surface area contributed by atoms with Crippen molar-refractivity contribution in [2.24, 2.45) is 5.73 Å². The molecule has 2 heterocycles. The molecule has 3 rings (SSSR count). The summed E-state index contributed by atoms with van der Waals surface area (Å²) in [6.07, 6.45) is 0. The van der Waals surface area contributed by atoms with E-state index >= 15 is 0 Å².